The van der Waals surface area contributed by atoms with Gasteiger partial charge in [-0.1, -0.05) is 13.0 Å². The number of carboxylic acid groups (broad SMARTS) is 1. The highest BCUT2D eigenvalue weighted by Crippen LogP contribution is 2.12. The van der Waals surface area contributed by atoms with Crippen LogP contribution in [0, 0.1) is 0 Å². The molecule has 0 radical (unpaired) electrons. The zero-order valence-corrected chi connectivity index (χ0v) is 8.45. The number of carbonyl (C=O) groups is 1. The summed E-state index contributed by atoms with van der Waals surface area (Å²) in [6.45, 7) is 4.14. The number of anilines is 1. The molecule has 0 aliphatic rings. The molecule has 14 heavy (non-hydrogen) atoms. The Hall–Kier alpha value is -1.51. The molecule has 0 aliphatic heterocycles. The average Bonchev–Trinajstić information content (AvgIpc) is 2.18. The molecule has 0 amide bonds. The fourth-order valence-corrected chi connectivity index (χ4v) is 1.13. The summed E-state index contributed by atoms with van der Waals surface area (Å²) in [5.41, 5.74) is 1.18. The number of rotatable bonds is 4. The SMILES string of the molecule is CC[C@@H](C)Nc1cccc(C(=O)O)c1. The zero-order valence-electron chi connectivity index (χ0n) is 8.45. The number of aromatic carboxylic acids is 1. The summed E-state index contributed by atoms with van der Waals surface area (Å²) < 4.78 is 0. The molecule has 1 rings (SSSR count). The fourth-order valence-electron chi connectivity index (χ4n) is 1.13. The maximum absolute atomic E-state index is 10.7. The van der Waals surface area contributed by atoms with Gasteiger partial charge in [0.25, 0.3) is 0 Å². The lowest BCUT2D eigenvalue weighted by Gasteiger charge is -2.12. The maximum atomic E-state index is 10.7. The molecule has 0 spiro atoms. The molecule has 3 heteroatoms. The van der Waals surface area contributed by atoms with Crippen molar-refractivity contribution >= 4 is 11.7 Å². The number of benzene rings is 1. The topological polar surface area (TPSA) is 49.3 Å². The van der Waals surface area contributed by atoms with Gasteiger partial charge in [-0.05, 0) is 31.5 Å². The van der Waals surface area contributed by atoms with Gasteiger partial charge in [0.05, 0.1) is 5.56 Å². The third-order valence-corrected chi connectivity index (χ3v) is 2.13. The molecular weight excluding hydrogens is 178 g/mol. The van der Waals surface area contributed by atoms with E-state index in [0.717, 1.165) is 12.1 Å². The van der Waals surface area contributed by atoms with Crippen LogP contribution in [-0.4, -0.2) is 17.1 Å². The molecule has 0 aromatic heterocycles. The van der Waals surface area contributed by atoms with E-state index in [9.17, 15) is 4.79 Å². The summed E-state index contributed by atoms with van der Waals surface area (Å²) in [6.07, 6.45) is 1.01. The Balaban J connectivity index is 2.78. The molecule has 2 N–H and O–H groups in total. The van der Waals surface area contributed by atoms with Gasteiger partial charge in [-0.25, -0.2) is 4.79 Å². The maximum Gasteiger partial charge on any atom is 0.335 e. The average molecular weight is 193 g/mol. The predicted octanol–water partition coefficient (Wildman–Crippen LogP) is 2.60. The van der Waals surface area contributed by atoms with Crippen molar-refractivity contribution in [1.82, 2.24) is 0 Å². The van der Waals surface area contributed by atoms with Gasteiger partial charge >= 0.3 is 5.97 Å². The second-order valence-electron chi connectivity index (χ2n) is 3.34. The lowest BCUT2D eigenvalue weighted by molar-refractivity contribution is 0.0697. The van der Waals surface area contributed by atoms with Gasteiger partial charge in [0.2, 0.25) is 0 Å². The molecule has 3 nitrogen and oxygen atoms in total. The predicted molar refractivity (Wildman–Crippen MR) is 56.8 cm³/mol. The van der Waals surface area contributed by atoms with E-state index in [4.69, 9.17) is 5.11 Å². The minimum atomic E-state index is -0.891. The van der Waals surface area contributed by atoms with Crippen LogP contribution in [0.25, 0.3) is 0 Å². The molecule has 0 aliphatic carbocycles. The minimum Gasteiger partial charge on any atom is -0.478 e. The van der Waals surface area contributed by atoms with Gasteiger partial charge < -0.3 is 10.4 Å². The second-order valence-corrected chi connectivity index (χ2v) is 3.34. The molecule has 0 heterocycles. The lowest BCUT2D eigenvalue weighted by atomic mass is 10.2. The summed E-state index contributed by atoms with van der Waals surface area (Å²) in [7, 11) is 0. The van der Waals surface area contributed by atoms with Crippen LogP contribution >= 0.6 is 0 Å². The fraction of sp³-hybridized carbons (Fsp3) is 0.364. The van der Waals surface area contributed by atoms with Crippen molar-refractivity contribution in [3.8, 4) is 0 Å². The first-order valence-corrected chi connectivity index (χ1v) is 4.73. The van der Waals surface area contributed by atoms with Crippen LogP contribution in [0.1, 0.15) is 30.6 Å². The molecule has 0 saturated heterocycles. The Morgan fingerprint density at radius 1 is 1.57 bits per heavy atom. The van der Waals surface area contributed by atoms with Crippen LogP contribution in [0.2, 0.25) is 0 Å². The highest BCUT2D eigenvalue weighted by atomic mass is 16.4. The van der Waals surface area contributed by atoms with Crippen molar-refractivity contribution in [3.05, 3.63) is 29.8 Å². The minimum absolute atomic E-state index is 0.318. The van der Waals surface area contributed by atoms with Crippen LogP contribution in [0.3, 0.4) is 0 Å². The van der Waals surface area contributed by atoms with Crippen molar-refractivity contribution in [2.75, 3.05) is 5.32 Å². The molecular formula is C11H15NO2. The van der Waals surface area contributed by atoms with Gasteiger partial charge in [0, 0.05) is 11.7 Å². The number of carboxylic acids is 1. The summed E-state index contributed by atoms with van der Waals surface area (Å²) >= 11 is 0. The van der Waals surface area contributed by atoms with E-state index in [-0.39, 0.29) is 0 Å². The lowest BCUT2D eigenvalue weighted by Crippen LogP contribution is -2.13. The molecule has 0 bridgehead atoms. The van der Waals surface area contributed by atoms with Gasteiger partial charge in [-0.15, -0.1) is 0 Å². The summed E-state index contributed by atoms with van der Waals surface area (Å²) in [5, 5.41) is 12.0. The van der Waals surface area contributed by atoms with E-state index >= 15 is 0 Å². The number of nitrogens with one attached hydrogen (secondary N) is 1. The smallest absolute Gasteiger partial charge is 0.335 e. The van der Waals surface area contributed by atoms with Crippen LogP contribution in [0.5, 0.6) is 0 Å². The van der Waals surface area contributed by atoms with E-state index in [2.05, 4.69) is 19.2 Å². The van der Waals surface area contributed by atoms with Gasteiger partial charge in [-0.3, -0.25) is 0 Å². The van der Waals surface area contributed by atoms with Crippen molar-refractivity contribution in [2.45, 2.75) is 26.3 Å². The molecule has 0 saturated carbocycles. The normalized spacial score (nSPS) is 12.1. The highest BCUT2D eigenvalue weighted by Gasteiger charge is 2.04. The van der Waals surface area contributed by atoms with Crippen LogP contribution < -0.4 is 5.32 Å². The van der Waals surface area contributed by atoms with Crippen LogP contribution in [0.4, 0.5) is 5.69 Å². The Morgan fingerprint density at radius 2 is 2.29 bits per heavy atom. The van der Waals surface area contributed by atoms with E-state index in [0.29, 0.717) is 11.6 Å². The molecule has 1 atom stereocenters. The molecule has 76 valence electrons. The molecule has 0 unspecified atom stereocenters. The van der Waals surface area contributed by atoms with Crippen LogP contribution in [0.15, 0.2) is 24.3 Å². The van der Waals surface area contributed by atoms with Gasteiger partial charge in [0.15, 0.2) is 0 Å². The molecule has 1 aromatic rings. The Morgan fingerprint density at radius 3 is 2.86 bits per heavy atom. The van der Waals surface area contributed by atoms with Crippen molar-refractivity contribution in [1.29, 1.82) is 0 Å². The van der Waals surface area contributed by atoms with Crippen LogP contribution in [-0.2, 0) is 0 Å². The summed E-state index contributed by atoms with van der Waals surface area (Å²) in [5.74, 6) is -0.891. The summed E-state index contributed by atoms with van der Waals surface area (Å²) in [4.78, 5) is 10.7. The monoisotopic (exact) mass is 193 g/mol. The first-order valence-electron chi connectivity index (χ1n) is 4.73. The van der Waals surface area contributed by atoms with Gasteiger partial charge in [0.1, 0.15) is 0 Å². The first kappa shape index (κ1) is 10.6. The second kappa shape index (κ2) is 4.65. The van der Waals surface area contributed by atoms with Crippen molar-refractivity contribution < 1.29 is 9.90 Å². The van der Waals surface area contributed by atoms with E-state index in [1.807, 2.05) is 6.07 Å². The van der Waals surface area contributed by atoms with Crippen molar-refractivity contribution in [2.24, 2.45) is 0 Å². The van der Waals surface area contributed by atoms with Crippen molar-refractivity contribution in [3.63, 3.8) is 0 Å². The Labute approximate surface area is 83.8 Å². The zero-order chi connectivity index (χ0) is 10.6. The summed E-state index contributed by atoms with van der Waals surface area (Å²) in [6, 6.07) is 7.21. The Kier molecular flexibility index (Phi) is 3.51. The van der Waals surface area contributed by atoms with E-state index < -0.39 is 5.97 Å². The molecule has 1 aromatic carbocycles. The van der Waals surface area contributed by atoms with E-state index in [1.54, 1.807) is 18.2 Å². The Bertz CT molecular complexity index is 323. The molecule has 0 fully saturated rings. The highest BCUT2D eigenvalue weighted by molar-refractivity contribution is 5.88. The largest absolute Gasteiger partial charge is 0.478 e. The standard InChI is InChI=1S/C11H15NO2/c1-3-8(2)12-10-6-4-5-9(7-10)11(13)14/h4-8,12H,3H2,1-2H3,(H,13,14)/t8-/m1/s1. The van der Waals surface area contributed by atoms with E-state index in [1.165, 1.54) is 0 Å². The third-order valence-electron chi connectivity index (χ3n) is 2.13. The first-order chi connectivity index (χ1) is 6.63. The third kappa shape index (κ3) is 2.76. The number of hydrogen-bond donors (Lipinski definition) is 2. The quantitative estimate of drug-likeness (QED) is 0.772. The number of hydrogen-bond acceptors (Lipinski definition) is 2. The van der Waals surface area contributed by atoms with Gasteiger partial charge in [-0.2, -0.15) is 0 Å².